The van der Waals surface area contributed by atoms with E-state index in [0.29, 0.717) is 12.1 Å². The summed E-state index contributed by atoms with van der Waals surface area (Å²) in [6.45, 7) is 0.447. The van der Waals surface area contributed by atoms with Gasteiger partial charge < -0.3 is 5.32 Å². The van der Waals surface area contributed by atoms with E-state index >= 15 is 0 Å². The molecule has 1 aromatic carbocycles. The second-order valence-corrected chi connectivity index (χ2v) is 8.14. The van der Waals surface area contributed by atoms with Gasteiger partial charge in [-0.3, -0.25) is 4.79 Å². The molecule has 0 bridgehead atoms. The Morgan fingerprint density at radius 3 is 2.45 bits per heavy atom. The fourth-order valence-corrected chi connectivity index (χ4v) is 3.59. The first-order chi connectivity index (χ1) is 9.36. The molecule has 0 radical (unpaired) electrons. The molecule has 2 aromatic rings. The van der Waals surface area contributed by atoms with Crippen molar-refractivity contribution >= 4 is 43.0 Å². The minimum atomic E-state index is -3.23. The van der Waals surface area contributed by atoms with Crippen molar-refractivity contribution in [2.75, 3.05) is 6.26 Å². The van der Waals surface area contributed by atoms with E-state index in [0.717, 1.165) is 15.6 Å². The van der Waals surface area contributed by atoms with Gasteiger partial charge in [-0.1, -0.05) is 0 Å². The summed E-state index contributed by atoms with van der Waals surface area (Å²) in [4.78, 5) is 13.2. The minimum Gasteiger partial charge on any atom is -0.347 e. The van der Waals surface area contributed by atoms with Gasteiger partial charge in [-0.15, -0.1) is 11.3 Å². The van der Waals surface area contributed by atoms with Gasteiger partial charge in [0, 0.05) is 26.5 Å². The molecule has 0 saturated heterocycles. The number of benzene rings is 1. The van der Waals surface area contributed by atoms with Crippen molar-refractivity contribution in [2.24, 2.45) is 0 Å². The molecule has 0 unspecified atom stereocenters. The van der Waals surface area contributed by atoms with E-state index in [1.54, 1.807) is 11.3 Å². The summed E-state index contributed by atoms with van der Waals surface area (Å²) in [5, 5.41) is 4.73. The van der Waals surface area contributed by atoms with Crippen LogP contribution in [0.3, 0.4) is 0 Å². The lowest BCUT2D eigenvalue weighted by Gasteiger charge is -2.04. The van der Waals surface area contributed by atoms with Crippen LogP contribution in [0.5, 0.6) is 0 Å². The highest BCUT2D eigenvalue weighted by molar-refractivity contribution is 9.10. The van der Waals surface area contributed by atoms with E-state index < -0.39 is 9.84 Å². The second-order valence-electron chi connectivity index (χ2n) is 4.21. The third-order valence-corrected chi connectivity index (χ3v) is 5.42. The molecular weight excluding hydrogens is 362 g/mol. The Morgan fingerprint density at radius 1 is 1.30 bits per heavy atom. The monoisotopic (exact) mass is 373 g/mol. The summed E-state index contributed by atoms with van der Waals surface area (Å²) in [5.41, 5.74) is 0.438. The van der Waals surface area contributed by atoms with Gasteiger partial charge in [-0.25, -0.2) is 8.42 Å². The van der Waals surface area contributed by atoms with Gasteiger partial charge in [-0.2, -0.15) is 0 Å². The van der Waals surface area contributed by atoms with Gasteiger partial charge in [-0.05, 0) is 46.3 Å². The molecule has 0 fully saturated rings. The second kappa shape index (κ2) is 6.07. The van der Waals surface area contributed by atoms with Gasteiger partial charge in [0.1, 0.15) is 0 Å². The highest BCUT2D eigenvalue weighted by atomic mass is 79.9. The van der Waals surface area contributed by atoms with Crippen LogP contribution in [0.1, 0.15) is 15.2 Å². The fourth-order valence-electron chi connectivity index (χ4n) is 1.57. The quantitative estimate of drug-likeness (QED) is 0.895. The molecule has 7 heteroatoms. The molecule has 106 valence electrons. The van der Waals surface area contributed by atoms with Gasteiger partial charge in [0.05, 0.1) is 11.4 Å². The molecular formula is C13H12BrNO3S2. The summed E-state index contributed by atoms with van der Waals surface area (Å²) < 4.78 is 23.6. The average Bonchev–Trinajstić information content (AvgIpc) is 2.81. The SMILES string of the molecule is CS(=O)(=O)c1ccc(C(=O)NCc2cc(Br)cs2)cc1. The molecule has 1 heterocycles. The van der Waals surface area contributed by atoms with E-state index in [4.69, 9.17) is 0 Å². The lowest BCUT2D eigenvalue weighted by molar-refractivity contribution is 0.0951. The molecule has 0 aliphatic rings. The fraction of sp³-hybridized carbons (Fsp3) is 0.154. The van der Waals surface area contributed by atoms with Crippen molar-refractivity contribution in [3.63, 3.8) is 0 Å². The maximum absolute atomic E-state index is 11.9. The zero-order valence-electron chi connectivity index (χ0n) is 10.6. The summed E-state index contributed by atoms with van der Waals surface area (Å²) in [6.07, 6.45) is 1.14. The van der Waals surface area contributed by atoms with Crippen LogP contribution in [0.15, 0.2) is 45.1 Å². The van der Waals surface area contributed by atoms with Crippen LogP contribution in [0.25, 0.3) is 0 Å². The van der Waals surface area contributed by atoms with Crippen molar-refractivity contribution in [3.05, 3.63) is 50.6 Å². The van der Waals surface area contributed by atoms with E-state index in [1.807, 2.05) is 11.4 Å². The van der Waals surface area contributed by atoms with E-state index in [-0.39, 0.29) is 10.8 Å². The molecule has 0 saturated carbocycles. The summed E-state index contributed by atoms with van der Waals surface area (Å²) in [6, 6.07) is 7.84. The van der Waals surface area contributed by atoms with E-state index in [9.17, 15) is 13.2 Å². The topological polar surface area (TPSA) is 63.2 Å². The Bertz CT molecular complexity index is 720. The third-order valence-electron chi connectivity index (χ3n) is 2.59. The first-order valence-corrected chi connectivity index (χ1v) is 9.24. The van der Waals surface area contributed by atoms with Crippen LogP contribution in [0, 0.1) is 0 Å². The predicted octanol–water partition coefficient (Wildman–Crippen LogP) is 2.84. The Hall–Kier alpha value is -1.18. The number of halogens is 1. The Labute approximate surface area is 129 Å². The van der Waals surface area contributed by atoms with Crippen molar-refractivity contribution in [1.29, 1.82) is 0 Å². The largest absolute Gasteiger partial charge is 0.347 e. The molecule has 0 spiro atoms. The highest BCUT2D eigenvalue weighted by Gasteiger charge is 2.10. The molecule has 1 aromatic heterocycles. The van der Waals surface area contributed by atoms with Crippen molar-refractivity contribution in [3.8, 4) is 0 Å². The van der Waals surface area contributed by atoms with Gasteiger partial charge in [0.15, 0.2) is 9.84 Å². The Balaban J connectivity index is 2.02. The molecule has 0 aliphatic heterocycles. The number of amides is 1. The van der Waals surface area contributed by atoms with Crippen LogP contribution < -0.4 is 5.32 Å². The van der Waals surface area contributed by atoms with Gasteiger partial charge >= 0.3 is 0 Å². The summed E-state index contributed by atoms with van der Waals surface area (Å²) in [7, 11) is -3.23. The zero-order valence-corrected chi connectivity index (χ0v) is 13.8. The average molecular weight is 374 g/mol. The number of thiophene rings is 1. The lowest BCUT2D eigenvalue weighted by Crippen LogP contribution is -2.22. The number of carbonyl (C=O) groups excluding carboxylic acids is 1. The van der Waals surface area contributed by atoms with Crippen LogP contribution in [-0.2, 0) is 16.4 Å². The first kappa shape index (κ1) is 15.2. The van der Waals surface area contributed by atoms with Gasteiger partial charge in [0.25, 0.3) is 5.91 Å². The molecule has 1 amide bonds. The Kier molecular flexibility index (Phi) is 4.62. The van der Waals surface area contributed by atoms with Crippen LogP contribution in [-0.4, -0.2) is 20.6 Å². The zero-order chi connectivity index (χ0) is 14.8. The maximum atomic E-state index is 11.9. The lowest BCUT2D eigenvalue weighted by atomic mass is 10.2. The smallest absolute Gasteiger partial charge is 0.251 e. The van der Waals surface area contributed by atoms with Gasteiger partial charge in [0.2, 0.25) is 0 Å². The Morgan fingerprint density at radius 2 is 1.95 bits per heavy atom. The number of nitrogens with one attached hydrogen (secondary N) is 1. The standard InChI is InChI=1S/C13H12BrNO3S2/c1-20(17,18)12-4-2-9(3-5-12)13(16)15-7-11-6-10(14)8-19-11/h2-6,8H,7H2,1H3,(H,15,16). The summed E-state index contributed by atoms with van der Waals surface area (Å²) >= 11 is 4.90. The number of sulfone groups is 1. The molecule has 1 N–H and O–H groups in total. The predicted molar refractivity (Wildman–Crippen MR) is 82.7 cm³/mol. The van der Waals surface area contributed by atoms with Crippen molar-refractivity contribution in [2.45, 2.75) is 11.4 Å². The van der Waals surface area contributed by atoms with Crippen LogP contribution >= 0.6 is 27.3 Å². The molecule has 0 atom stereocenters. The van der Waals surface area contributed by atoms with E-state index in [2.05, 4.69) is 21.2 Å². The third kappa shape index (κ3) is 3.91. The molecule has 2 rings (SSSR count). The highest BCUT2D eigenvalue weighted by Crippen LogP contribution is 2.19. The molecule has 0 aliphatic carbocycles. The molecule has 4 nitrogen and oxygen atoms in total. The number of carbonyl (C=O) groups is 1. The molecule has 20 heavy (non-hydrogen) atoms. The first-order valence-electron chi connectivity index (χ1n) is 5.67. The van der Waals surface area contributed by atoms with Crippen molar-refractivity contribution in [1.82, 2.24) is 5.32 Å². The summed E-state index contributed by atoms with van der Waals surface area (Å²) in [5.74, 6) is -0.227. The number of hydrogen-bond donors (Lipinski definition) is 1. The normalized spacial score (nSPS) is 11.3. The number of rotatable bonds is 4. The maximum Gasteiger partial charge on any atom is 0.251 e. The minimum absolute atomic E-state index is 0.205. The van der Waals surface area contributed by atoms with Crippen LogP contribution in [0.2, 0.25) is 0 Å². The van der Waals surface area contributed by atoms with E-state index in [1.165, 1.54) is 24.3 Å². The van der Waals surface area contributed by atoms with Crippen molar-refractivity contribution < 1.29 is 13.2 Å². The van der Waals surface area contributed by atoms with Crippen LogP contribution in [0.4, 0.5) is 0 Å². The number of hydrogen-bond acceptors (Lipinski definition) is 4.